The summed E-state index contributed by atoms with van der Waals surface area (Å²) in [6.45, 7) is 2.17. The van der Waals surface area contributed by atoms with Gasteiger partial charge in [-0.1, -0.05) is 42.5 Å². The molecule has 0 saturated carbocycles. The van der Waals surface area contributed by atoms with Crippen molar-refractivity contribution in [3.8, 4) is 0 Å². The predicted molar refractivity (Wildman–Crippen MR) is 102 cm³/mol. The Morgan fingerprint density at radius 2 is 1.77 bits per heavy atom. The van der Waals surface area contributed by atoms with Gasteiger partial charge in [-0.25, -0.2) is 4.79 Å². The van der Waals surface area contributed by atoms with Crippen molar-refractivity contribution in [2.45, 2.75) is 13.3 Å². The molecule has 0 unspecified atom stereocenters. The molecule has 0 amide bonds. The van der Waals surface area contributed by atoms with Crippen LogP contribution in [0.2, 0.25) is 0 Å². The SMILES string of the molecule is COC(=O)/C(=C\c1ccc(N2CCC(c3ccccc3)=N2)cc1)C(C)=O. The molecule has 5 heteroatoms. The summed E-state index contributed by atoms with van der Waals surface area (Å²) >= 11 is 0. The van der Waals surface area contributed by atoms with E-state index < -0.39 is 5.97 Å². The van der Waals surface area contributed by atoms with Crippen LogP contribution in [0.15, 0.2) is 65.3 Å². The predicted octanol–water partition coefficient (Wildman–Crippen LogP) is 3.45. The van der Waals surface area contributed by atoms with Crippen LogP contribution >= 0.6 is 0 Å². The molecule has 0 radical (unpaired) electrons. The smallest absolute Gasteiger partial charge is 0.341 e. The molecule has 0 saturated heterocycles. The molecule has 1 aliphatic heterocycles. The Labute approximate surface area is 152 Å². The number of methoxy groups -OCH3 is 1. The van der Waals surface area contributed by atoms with Gasteiger partial charge in [0.25, 0.3) is 0 Å². The molecule has 0 aromatic heterocycles. The molecule has 132 valence electrons. The van der Waals surface area contributed by atoms with Gasteiger partial charge in [-0.15, -0.1) is 0 Å². The standard InChI is InChI=1S/C21H20N2O3/c1-15(24)19(21(25)26-2)14-16-8-10-18(11-9-16)23-13-12-20(22-23)17-6-4-3-5-7-17/h3-11,14H,12-13H2,1-2H3/b19-14-. The van der Waals surface area contributed by atoms with Gasteiger partial charge in [-0.2, -0.15) is 5.10 Å². The Morgan fingerprint density at radius 3 is 2.38 bits per heavy atom. The molecule has 5 nitrogen and oxygen atoms in total. The summed E-state index contributed by atoms with van der Waals surface area (Å²) in [5.74, 6) is -0.948. The molecule has 2 aromatic carbocycles. The van der Waals surface area contributed by atoms with Crippen LogP contribution in [-0.4, -0.2) is 31.1 Å². The Balaban J connectivity index is 1.79. The summed E-state index contributed by atoms with van der Waals surface area (Å²) in [5.41, 5.74) is 3.97. The number of ketones is 1. The monoisotopic (exact) mass is 348 g/mol. The van der Waals surface area contributed by atoms with Gasteiger partial charge in [0.2, 0.25) is 0 Å². The van der Waals surface area contributed by atoms with Crippen molar-refractivity contribution < 1.29 is 14.3 Å². The highest BCUT2D eigenvalue weighted by atomic mass is 16.5. The average Bonchev–Trinajstić information content (AvgIpc) is 3.16. The second kappa shape index (κ2) is 7.78. The zero-order valence-corrected chi connectivity index (χ0v) is 14.8. The van der Waals surface area contributed by atoms with Gasteiger partial charge < -0.3 is 4.74 Å². The molecule has 26 heavy (non-hydrogen) atoms. The number of hydrazone groups is 1. The molecule has 0 fully saturated rings. The van der Waals surface area contributed by atoms with Crippen molar-refractivity contribution in [1.29, 1.82) is 0 Å². The fourth-order valence-corrected chi connectivity index (χ4v) is 2.80. The summed E-state index contributed by atoms with van der Waals surface area (Å²) in [4.78, 5) is 23.3. The summed E-state index contributed by atoms with van der Waals surface area (Å²) in [6.07, 6.45) is 2.43. The van der Waals surface area contributed by atoms with E-state index in [4.69, 9.17) is 5.10 Å². The van der Waals surface area contributed by atoms with Crippen LogP contribution in [0.1, 0.15) is 24.5 Å². The zero-order chi connectivity index (χ0) is 18.5. The van der Waals surface area contributed by atoms with Crippen LogP contribution < -0.4 is 5.01 Å². The summed E-state index contributed by atoms with van der Waals surface area (Å²) < 4.78 is 4.65. The summed E-state index contributed by atoms with van der Waals surface area (Å²) in [6, 6.07) is 17.7. The highest BCUT2D eigenvalue weighted by Crippen LogP contribution is 2.23. The highest BCUT2D eigenvalue weighted by molar-refractivity contribution is 6.19. The third-order valence-electron chi connectivity index (χ3n) is 4.20. The van der Waals surface area contributed by atoms with E-state index in [2.05, 4.69) is 16.9 Å². The van der Waals surface area contributed by atoms with Crippen LogP contribution in [0, 0.1) is 0 Å². The number of ether oxygens (including phenoxy) is 1. The molecule has 1 aliphatic rings. The number of nitrogens with zero attached hydrogens (tertiary/aromatic N) is 2. The lowest BCUT2D eigenvalue weighted by Gasteiger charge is -2.13. The van der Waals surface area contributed by atoms with Crippen LogP contribution in [0.5, 0.6) is 0 Å². The van der Waals surface area contributed by atoms with Crippen LogP contribution in [0.25, 0.3) is 6.08 Å². The van der Waals surface area contributed by atoms with Crippen LogP contribution in [0.3, 0.4) is 0 Å². The molecule has 2 aromatic rings. The second-order valence-corrected chi connectivity index (χ2v) is 5.98. The van der Waals surface area contributed by atoms with Crippen molar-refractivity contribution in [2.24, 2.45) is 5.10 Å². The minimum atomic E-state index is -0.627. The number of Topliss-reactive ketones (excluding diaryl/α,β-unsaturated/α-hetero) is 1. The number of carbonyl (C=O) groups excluding carboxylic acids is 2. The first-order valence-electron chi connectivity index (χ1n) is 8.40. The first kappa shape index (κ1) is 17.6. The van der Waals surface area contributed by atoms with E-state index in [1.165, 1.54) is 14.0 Å². The quantitative estimate of drug-likeness (QED) is 0.359. The Bertz CT molecular complexity index is 868. The third-order valence-corrected chi connectivity index (χ3v) is 4.20. The molecule has 3 rings (SSSR count). The average molecular weight is 348 g/mol. The van der Waals surface area contributed by atoms with Gasteiger partial charge in [0.15, 0.2) is 5.78 Å². The van der Waals surface area contributed by atoms with E-state index in [0.29, 0.717) is 0 Å². The molecular formula is C21H20N2O3. The number of esters is 1. The van der Waals surface area contributed by atoms with Crippen molar-refractivity contribution in [2.75, 3.05) is 18.7 Å². The molecule has 1 heterocycles. The van der Waals surface area contributed by atoms with Crippen molar-refractivity contribution >= 4 is 29.2 Å². The van der Waals surface area contributed by atoms with E-state index >= 15 is 0 Å². The van der Waals surface area contributed by atoms with Crippen molar-refractivity contribution in [3.63, 3.8) is 0 Å². The second-order valence-electron chi connectivity index (χ2n) is 5.98. The fraction of sp³-hybridized carbons (Fsp3) is 0.190. The molecule has 0 atom stereocenters. The lowest BCUT2D eigenvalue weighted by molar-refractivity contribution is -0.137. The van der Waals surface area contributed by atoms with Gasteiger partial charge in [-0.05, 0) is 36.3 Å². The molecule has 0 aliphatic carbocycles. The molecule has 0 bridgehead atoms. The largest absolute Gasteiger partial charge is 0.465 e. The van der Waals surface area contributed by atoms with E-state index in [-0.39, 0.29) is 11.4 Å². The number of anilines is 1. The van der Waals surface area contributed by atoms with Gasteiger partial charge in [0, 0.05) is 13.0 Å². The lowest BCUT2D eigenvalue weighted by atomic mass is 10.1. The van der Waals surface area contributed by atoms with E-state index in [0.717, 1.165) is 35.5 Å². The highest BCUT2D eigenvalue weighted by Gasteiger charge is 2.18. The Morgan fingerprint density at radius 1 is 1.08 bits per heavy atom. The van der Waals surface area contributed by atoms with Gasteiger partial charge in [0.1, 0.15) is 5.57 Å². The maximum atomic E-state index is 11.7. The summed E-state index contributed by atoms with van der Waals surface area (Å²) in [7, 11) is 1.26. The number of hydrogen-bond acceptors (Lipinski definition) is 5. The maximum Gasteiger partial charge on any atom is 0.341 e. The zero-order valence-electron chi connectivity index (χ0n) is 14.8. The third kappa shape index (κ3) is 3.88. The van der Waals surface area contributed by atoms with Crippen LogP contribution in [0.4, 0.5) is 5.69 Å². The summed E-state index contributed by atoms with van der Waals surface area (Å²) in [5, 5.41) is 6.66. The first-order chi connectivity index (χ1) is 12.6. The van der Waals surface area contributed by atoms with Gasteiger partial charge in [0.05, 0.1) is 18.5 Å². The lowest BCUT2D eigenvalue weighted by Crippen LogP contribution is -2.12. The Kier molecular flexibility index (Phi) is 5.27. The molecule has 0 spiro atoms. The van der Waals surface area contributed by atoms with Gasteiger partial charge in [-0.3, -0.25) is 9.80 Å². The normalized spacial score (nSPS) is 14.2. The minimum absolute atomic E-state index is 0.0332. The van der Waals surface area contributed by atoms with E-state index in [9.17, 15) is 9.59 Å². The van der Waals surface area contributed by atoms with E-state index in [1.807, 2.05) is 47.5 Å². The van der Waals surface area contributed by atoms with Gasteiger partial charge >= 0.3 is 5.97 Å². The van der Waals surface area contributed by atoms with Crippen molar-refractivity contribution in [3.05, 3.63) is 71.3 Å². The Hall–Kier alpha value is -3.21. The number of rotatable bonds is 5. The minimum Gasteiger partial charge on any atom is -0.465 e. The molecule has 0 N–H and O–H groups in total. The number of benzene rings is 2. The van der Waals surface area contributed by atoms with Crippen LogP contribution in [-0.2, 0) is 14.3 Å². The topological polar surface area (TPSA) is 59.0 Å². The van der Waals surface area contributed by atoms with Crippen molar-refractivity contribution in [1.82, 2.24) is 0 Å². The number of carbonyl (C=O) groups is 2. The first-order valence-corrected chi connectivity index (χ1v) is 8.40. The maximum absolute atomic E-state index is 11.7. The fourth-order valence-electron chi connectivity index (χ4n) is 2.80. The van der Waals surface area contributed by atoms with E-state index in [1.54, 1.807) is 6.08 Å². The molecular weight excluding hydrogens is 328 g/mol. The number of hydrogen-bond donors (Lipinski definition) is 0.